The maximum atomic E-state index is 12.8. The second-order valence-corrected chi connectivity index (χ2v) is 4.47. The van der Waals surface area contributed by atoms with Gasteiger partial charge in [0.2, 0.25) is 0 Å². The lowest BCUT2D eigenvalue weighted by Gasteiger charge is -2.13. The zero-order valence-corrected chi connectivity index (χ0v) is 12.2. The van der Waals surface area contributed by atoms with Gasteiger partial charge in [0.05, 0.1) is 18.4 Å². The van der Waals surface area contributed by atoms with Gasteiger partial charge in [0.25, 0.3) is 0 Å². The van der Waals surface area contributed by atoms with Crippen LogP contribution in [0.25, 0.3) is 11.4 Å². The van der Waals surface area contributed by atoms with E-state index in [4.69, 9.17) is 9.47 Å². The molecule has 0 unspecified atom stereocenters. The van der Waals surface area contributed by atoms with Gasteiger partial charge in [-0.05, 0) is 13.0 Å². The van der Waals surface area contributed by atoms with Crippen molar-refractivity contribution in [2.75, 3.05) is 19.8 Å². The molecule has 0 aliphatic rings. The Morgan fingerprint density at radius 3 is 2.59 bits per heavy atom. The summed E-state index contributed by atoms with van der Waals surface area (Å²) in [4.78, 5) is 7.49. The molecule has 0 bridgehead atoms. The van der Waals surface area contributed by atoms with Gasteiger partial charge in [0.15, 0.2) is 0 Å². The second kappa shape index (κ2) is 6.78. The Labute approximate surface area is 125 Å². The van der Waals surface area contributed by atoms with Crippen molar-refractivity contribution in [3.8, 4) is 17.1 Å². The number of alkyl halides is 3. The lowest BCUT2D eigenvalue weighted by Crippen LogP contribution is -2.11. The minimum atomic E-state index is -4.52. The fourth-order valence-electron chi connectivity index (χ4n) is 1.87. The van der Waals surface area contributed by atoms with E-state index in [1.165, 1.54) is 6.20 Å². The molecule has 8 heteroatoms. The van der Waals surface area contributed by atoms with Crippen molar-refractivity contribution >= 4 is 0 Å². The minimum Gasteiger partial charge on any atom is -0.489 e. The highest BCUT2D eigenvalue weighted by atomic mass is 19.4. The van der Waals surface area contributed by atoms with Gasteiger partial charge < -0.3 is 14.0 Å². The van der Waals surface area contributed by atoms with E-state index in [1.807, 2.05) is 6.92 Å². The van der Waals surface area contributed by atoms with Crippen LogP contribution in [0.15, 0.2) is 24.7 Å². The Bertz CT molecular complexity index is 626. The molecule has 0 saturated carbocycles. The van der Waals surface area contributed by atoms with E-state index in [9.17, 15) is 13.2 Å². The highest BCUT2D eigenvalue weighted by Gasteiger charge is 2.33. The molecule has 22 heavy (non-hydrogen) atoms. The van der Waals surface area contributed by atoms with Crippen LogP contribution in [-0.2, 0) is 18.0 Å². The average molecular weight is 315 g/mol. The van der Waals surface area contributed by atoms with Crippen LogP contribution in [-0.4, -0.2) is 34.4 Å². The zero-order chi connectivity index (χ0) is 16.2. The van der Waals surface area contributed by atoms with E-state index >= 15 is 0 Å². The molecule has 0 spiro atoms. The van der Waals surface area contributed by atoms with Crippen molar-refractivity contribution < 1.29 is 22.6 Å². The fraction of sp³-hybridized carbons (Fsp3) is 0.429. The van der Waals surface area contributed by atoms with E-state index in [-0.39, 0.29) is 17.9 Å². The molecule has 120 valence electrons. The Balaban J connectivity index is 2.34. The molecular formula is C14H16F3N3O2. The number of hydrogen-bond donors (Lipinski definition) is 0. The van der Waals surface area contributed by atoms with E-state index in [2.05, 4.69) is 9.97 Å². The van der Waals surface area contributed by atoms with Crippen molar-refractivity contribution in [1.82, 2.24) is 14.5 Å². The van der Waals surface area contributed by atoms with Gasteiger partial charge in [-0.15, -0.1) is 0 Å². The van der Waals surface area contributed by atoms with Crippen LogP contribution in [0.4, 0.5) is 13.2 Å². The first-order valence-corrected chi connectivity index (χ1v) is 6.69. The van der Waals surface area contributed by atoms with Crippen molar-refractivity contribution in [3.05, 3.63) is 30.4 Å². The van der Waals surface area contributed by atoms with Crippen LogP contribution in [0.1, 0.15) is 12.6 Å². The Morgan fingerprint density at radius 2 is 2.00 bits per heavy atom. The van der Waals surface area contributed by atoms with E-state index in [1.54, 1.807) is 17.8 Å². The molecule has 2 aromatic rings. The summed E-state index contributed by atoms with van der Waals surface area (Å²) >= 11 is 0. The number of aromatic nitrogens is 3. The smallest absolute Gasteiger partial charge is 0.433 e. The fourth-order valence-corrected chi connectivity index (χ4v) is 1.87. The summed E-state index contributed by atoms with van der Waals surface area (Å²) in [5.41, 5.74) is -0.742. The van der Waals surface area contributed by atoms with Gasteiger partial charge in [0, 0.05) is 26.0 Å². The van der Waals surface area contributed by atoms with Gasteiger partial charge >= 0.3 is 6.18 Å². The van der Waals surface area contributed by atoms with Crippen molar-refractivity contribution in [1.29, 1.82) is 0 Å². The van der Waals surface area contributed by atoms with E-state index in [0.29, 0.717) is 19.0 Å². The lowest BCUT2D eigenvalue weighted by atomic mass is 10.2. The molecule has 0 saturated heterocycles. The lowest BCUT2D eigenvalue weighted by molar-refractivity contribution is -0.141. The second-order valence-electron chi connectivity index (χ2n) is 4.47. The summed E-state index contributed by atoms with van der Waals surface area (Å²) in [6, 6.07) is 0.943. The molecule has 0 fully saturated rings. The maximum Gasteiger partial charge on any atom is 0.433 e. The number of imidazole rings is 1. The van der Waals surface area contributed by atoms with Gasteiger partial charge in [0.1, 0.15) is 23.9 Å². The van der Waals surface area contributed by atoms with Crippen LogP contribution in [0.5, 0.6) is 5.75 Å². The summed E-state index contributed by atoms with van der Waals surface area (Å²) in [6.07, 6.45) is -0.303. The van der Waals surface area contributed by atoms with Crippen LogP contribution in [0, 0.1) is 0 Å². The van der Waals surface area contributed by atoms with Crippen LogP contribution in [0.3, 0.4) is 0 Å². The Kier molecular flexibility index (Phi) is 5.02. The normalized spacial score (nSPS) is 11.7. The highest BCUT2D eigenvalue weighted by Crippen LogP contribution is 2.34. The maximum absolute atomic E-state index is 12.8. The third-order valence-corrected chi connectivity index (χ3v) is 2.91. The summed E-state index contributed by atoms with van der Waals surface area (Å²) < 4.78 is 50.8. The monoisotopic (exact) mass is 315 g/mol. The molecule has 2 rings (SSSR count). The molecule has 0 aromatic carbocycles. The highest BCUT2D eigenvalue weighted by molar-refractivity contribution is 5.64. The number of ether oxygens (including phenoxy) is 2. The topological polar surface area (TPSA) is 49.2 Å². The van der Waals surface area contributed by atoms with Crippen molar-refractivity contribution in [2.45, 2.75) is 13.1 Å². The van der Waals surface area contributed by atoms with Gasteiger partial charge in [-0.2, -0.15) is 13.2 Å². The molecule has 0 aliphatic heterocycles. The van der Waals surface area contributed by atoms with Gasteiger partial charge in [-0.1, -0.05) is 0 Å². The summed E-state index contributed by atoms with van der Waals surface area (Å²) in [5, 5.41) is 0. The first kappa shape index (κ1) is 16.3. The number of nitrogens with zero attached hydrogens (tertiary/aromatic N) is 3. The Morgan fingerprint density at radius 1 is 1.23 bits per heavy atom. The third-order valence-electron chi connectivity index (χ3n) is 2.91. The zero-order valence-electron chi connectivity index (χ0n) is 12.2. The molecule has 2 aromatic heterocycles. The first-order chi connectivity index (χ1) is 10.4. The number of pyridine rings is 1. The SMILES string of the molecule is CCOCCOc1cnc(C(F)(F)F)cc1-c1nccn1C. The molecule has 2 heterocycles. The van der Waals surface area contributed by atoms with E-state index < -0.39 is 11.9 Å². The quantitative estimate of drug-likeness (QED) is 0.769. The molecule has 0 atom stereocenters. The number of aryl methyl sites for hydroxylation is 1. The third kappa shape index (κ3) is 3.76. The van der Waals surface area contributed by atoms with Crippen molar-refractivity contribution in [2.24, 2.45) is 7.05 Å². The molecular weight excluding hydrogens is 299 g/mol. The molecule has 5 nitrogen and oxygen atoms in total. The number of rotatable bonds is 6. The summed E-state index contributed by atoms with van der Waals surface area (Å²) in [6.45, 7) is 2.95. The number of halogens is 3. The van der Waals surface area contributed by atoms with Crippen LogP contribution < -0.4 is 4.74 Å². The predicted molar refractivity (Wildman–Crippen MR) is 73.4 cm³/mol. The largest absolute Gasteiger partial charge is 0.489 e. The average Bonchev–Trinajstić information content (AvgIpc) is 2.88. The van der Waals surface area contributed by atoms with Crippen LogP contribution in [0.2, 0.25) is 0 Å². The minimum absolute atomic E-state index is 0.221. The van der Waals surface area contributed by atoms with Crippen molar-refractivity contribution in [3.63, 3.8) is 0 Å². The first-order valence-electron chi connectivity index (χ1n) is 6.69. The number of hydrogen-bond acceptors (Lipinski definition) is 4. The molecule has 0 radical (unpaired) electrons. The van der Waals surface area contributed by atoms with Gasteiger partial charge in [-0.3, -0.25) is 0 Å². The van der Waals surface area contributed by atoms with Gasteiger partial charge in [-0.25, -0.2) is 9.97 Å². The molecule has 0 aliphatic carbocycles. The van der Waals surface area contributed by atoms with Crippen LogP contribution >= 0.6 is 0 Å². The Hall–Kier alpha value is -2.09. The summed E-state index contributed by atoms with van der Waals surface area (Å²) in [7, 11) is 1.69. The molecule has 0 N–H and O–H groups in total. The molecule has 0 amide bonds. The predicted octanol–water partition coefficient (Wildman–Crippen LogP) is 2.92. The standard InChI is InChI=1S/C14H16F3N3O2/c1-3-21-6-7-22-11-9-19-12(14(15,16)17)8-10(11)13-18-4-5-20(13)2/h4-5,8-9H,3,6-7H2,1-2H3. The summed E-state index contributed by atoms with van der Waals surface area (Å²) in [5.74, 6) is 0.612. The van der Waals surface area contributed by atoms with E-state index in [0.717, 1.165) is 12.3 Å².